The van der Waals surface area contributed by atoms with Crippen molar-refractivity contribution in [3.8, 4) is 11.5 Å². The van der Waals surface area contributed by atoms with E-state index in [1.54, 1.807) is 12.1 Å². The number of phenolic OH excluding ortho intramolecular Hbond substituents is 1. The average Bonchev–Trinajstić information content (AvgIpc) is 2.08. The van der Waals surface area contributed by atoms with Crippen LogP contribution in [0.1, 0.15) is 0 Å². The number of hydrogen-bond acceptors (Lipinski definition) is 4. The smallest absolute Gasteiger partial charge is 0.171 e. The lowest BCUT2D eigenvalue weighted by molar-refractivity contribution is 0.368. The summed E-state index contributed by atoms with van der Waals surface area (Å²) in [6, 6.07) is 3.30. The predicted octanol–water partition coefficient (Wildman–Crippen LogP) is 1.70. The first-order valence-electron chi connectivity index (χ1n) is 3.39. The van der Waals surface area contributed by atoms with Crippen molar-refractivity contribution in [3.05, 3.63) is 12.1 Å². The highest BCUT2D eigenvalue weighted by Gasteiger charge is 2.07. The summed E-state index contributed by atoms with van der Waals surface area (Å²) < 4.78 is 4.92. The molecule has 0 radical (unpaired) electrons. The lowest BCUT2D eigenvalue weighted by atomic mass is 10.3. The average molecular weight is 185 g/mol. The zero-order valence-electron chi connectivity index (χ0n) is 7.00. The number of benzene rings is 1. The van der Waals surface area contributed by atoms with Crippen molar-refractivity contribution in [2.24, 2.45) is 0 Å². The topological polar surface area (TPSA) is 55.5 Å². The lowest BCUT2D eigenvalue weighted by Gasteiger charge is -2.07. The number of anilines is 1. The fourth-order valence-electron chi connectivity index (χ4n) is 0.914. The quantitative estimate of drug-likeness (QED) is 0.418. The van der Waals surface area contributed by atoms with Gasteiger partial charge in [0.15, 0.2) is 11.5 Å². The van der Waals surface area contributed by atoms with Crippen molar-refractivity contribution in [2.45, 2.75) is 4.90 Å². The molecular formula is C8H11NO2S. The van der Waals surface area contributed by atoms with Crippen molar-refractivity contribution >= 4 is 17.4 Å². The van der Waals surface area contributed by atoms with Crippen LogP contribution < -0.4 is 10.5 Å². The highest BCUT2D eigenvalue weighted by atomic mass is 32.2. The third-order valence-electron chi connectivity index (χ3n) is 1.50. The van der Waals surface area contributed by atoms with Gasteiger partial charge in [0.2, 0.25) is 0 Å². The summed E-state index contributed by atoms with van der Waals surface area (Å²) in [6.45, 7) is 0. The van der Waals surface area contributed by atoms with Crippen molar-refractivity contribution < 1.29 is 9.84 Å². The van der Waals surface area contributed by atoms with Crippen LogP contribution >= 0.6 is 11.8 Å². The van der Waals surface area contributed by atoms with Crippen LogP contribution in [0.2, 0.25) is 0 Å². The molecule has 1 aromatic carbocycles. The van der Waals surface area contributed by atoms with Crippen LogP contribution in [0.25, 0.3) is 0 Å². The number of thioether (sulfide) groups is 1. The number of aromatic hydroxyl groups is 1. The molecule has 3 nitrogen and oxygen atoms in total. The third-order valence-corrected chi connectivity index (χ3v) is 2.25. The van der Waals surface area contributed by atoms with Gasteiger partial charge in [-0.2, -0.15) is 0 Å². The van der Waals surface area contributed by atoms with Gasteiger partial charge in [0.05, 0.1) is 12.0 Å². The van der Waals surface area contributed by atoms with E-state index < -0.39 is 0 Å². The van der Waals surface area contributed by atoms with E-state index in [0.29, 0.717) is 11.4 Å². The van der Waals surface area contributed by atoms with Gasteiger partial charge in [0.1, 0.15) is 0 Å². The second-order valence-electron chi connectivity index (χ2n) is 2.27. The Morgan fingerprint density at radius 2 is 2.17 bits per heavy atom. The third kappa shape index (κ3) is 1.58. The Balaban J connectivity index is 3.22. The van der Waals surface area contributed by atoms with E-state index in [4.69, 9.17) is 10.5 Å². The Kier molecular flexibility index (Phi) is 2.70. The normalized spacial score (nSPS) is 9.83. The van der Waals surface area contributed by atoms with E-state index in [1.807, 2.05) is 6.26 Å². The van der Waals surface area contributed by atoms with Gasteiger partial charge in [-0.3, -0.25) is 0 Å². The molecule has 0 unspecified atom stereocenters. The molecule has 66 valence electrons. The Morgan fingerprint density at radius 3 is 2.67 bits per heavy atom. The van der Waals surface area contributed by atoms with Gasteiger partial charge in [-0.25, -0.2) is 0 Å². The molecule has 0 aliphatic heterocycles. The number of nitrogens with two attached hydrogens (primary N) is 1. The number of rotatable bonds is 2. The number of hydrogen-bond donors (Lipinski definition) is 2. The van der Waals surface area contributed by atoms with Crippen LogP contribution in [-0.2, 0) is 0 Å². The Bertz CT molecular complexity index is 263. The summed E-state index contributed by atoms with van der Waals surface area (Å²) in [4.78, 5) is 0.729. The fraction of sp³-hybridized carbons (Fsp3) is 0.250. The summed E-state index contributed by atoms with van der Waals surface area (Å²) in [5.74, 6) is 0.568. The van der Waals surface area contributed by atoms with E-state index in [0.717, 1.165) is 4.90 Å². The zero-order valence-corrected chi connectivity index (χ0v) is 7.81. The van der Waals surface area contributed by atoms with Crippen molar-refractivity contribution in [2.75, 3.05) is 19.1 Å². The van der Waals surface area contributed by atoms with Crippen LogP contribution in [0, 0.1) is 0 Å². The number of nitrogen functional groups attached to an aromatic ring is 1. The molecule has 0 heterocycles. The number of ether oxygens (including phenoxy) is 1. The van der Waals surface area contributed by atoms with Crippen LogP contribution in [0.4, 0.5) is 5.69 Å². The molecule has 12 heavy (non-hydrogen) atoms. The maximum atomic E-state index is 9.51. The van der Waals surface area contributed by atoms with E-state index in [-0.39, 0.29) is 5.75 Å². The van der Waals surface area contributed by atoms with E-state index >= 15 is 0 Å². The second kappa shape index (κ2) is 3.58. The van der Waals surface area contributed by atoms with E-state index in [9.17, 15) is 5.11 Å². The van der Waals surface area contributed by atoms with Crippen molar-refractivity contribution in [1.29, 1.82) is 0 Å². The minimum Gasteiger partial charge on any atom is -0.503 e. The minimum absolute atomic E-state index is 0.152. The maximum Gasteiger partial charge on any atom is 0.171 e. The Morgan fingerprint density at radius 1 is 1.50 bits per heavy atom. The van der Waals surface area contributed by atoms with Gasteiger partial charge >= 0.3 is 0 Å². The molecule has 0 bridgehead atoms. The summed E-state index contributed by atoms with van der Waals surface area (Å²) in [6.07, 6.45) is 1.87. The number of phenols is 1. The van der Waals surface area contributed by atoms with Gasteiger partial charge in [0, 0.05) is 11.8 Å². The van der Waals surface area contributed by atoms with Crippen molar-refractivity contribution in [3.63, 3.8) is 0 Å². The molecule has 0 amide bonds. The van der Waals surface area contributed by atoms with E-state index in [2.05, 4.69) is 0 Å². The summed E-state index contributed by atoms with van der Waals surface area (Å²) in [7, 11) is 1.50. The first-order valence-corrected chi connectivity index (χ1v) is 4.62. The molecule has 0 atom stereocenters. The zero-order chi connectivity index (χ0) is 9.14. The summed E-state index contributed by atoms with van der Waals surface area (Å²) in [5.41, 5.74) is 6.17. The summed E-state index contributed by atoms with van der Waals surface area (Å²) >= 11 is 1.43. The first kappa shape index (κ1) is 9.06. The molecule has 1 aromatic rings. The molecule has 0 saturated carbocycles. The van der Waals surface area contributed by atoms with Crippen LogP contribution in [-0.4, -0.2) is 18.5 Å². The lowest BCUT2D eigenvalue weighted by Crippen LogP contribution is -1.90. The van der Waals surface area contributed by atoms with Gasteiger partial charge < -0.3 is 15.6 Å². The molecule has 0 aromatic heterocycles. The molecule has 3 N–H and O–H groups in total. The molecular weight excluding hydrogens is 174 g/mol. The molecule has 4 heteroatoms. The van der Waals surface area contributed by atoms with E-state index in [1.165, 1.54) is 18.9 Å². The monoisotopic (exact) mass is 185 g/mol. The second-order valence-corrected chi connectivity index (χ2v) is 3.12. The molecule has 0 fully saturated rings. The molecule has 0 aliphatic carbocycles. The van der Waals surface area contributed by atoms with Crippen molar-refractivity contribution in [1.82, 2.24) is 0 Å². The minimum atomic E-state index is 0.152. The highest BCUT2D eigenvalue weighted by molar-refractivity contribution is 7.98. The van der Waals surface area contributed by atoms with Gasteiger partial charge in [-0.05, 0) is 12.3 Å². The fourth-order valence-corrected chi connectivity index (χ4v) is 1.46. The van der Waals surface area contributed by atoms with Gasteiger partial charge in [-0.1, -0.05) is 0 Å². The largest absolute Gasteiger partial charge is 0.503 e. The maximum absolute atomic E-state index is 9.51. The predicted molar refractivity (Wildman–Crippen MR) is 50.9 cm³/mol. The van der Waals surface area contributed by atoms with Gasteiger partial charge in [-0.15, -0.1) is 11.8 Å². The Labute approximate surface area is 75.5 Å². The summed E-state index contributed by atoms with van der Waals surface area (Å²) in [5, 5.41) is 9.51. The van der Waals surface area contributed by atoms with Crippen LogP contribution in [0.5, 0.6) is 11.5 Å². The highest BCUT2D eigenvalue weighted by Crippen LogP contribution is 2.37. The standard InChI is InChI=1S/C8H11NO2S/c1-11-6-3-5(9)4-7(12-2)8(6)10/h3-4,10H,9H2,1-2H3. The molecule has 0 aliphatic rings. The number of methoxy groups -OCH3 is 1. The van der Waals surface area contributed by atoms with Gasteiger partial charge in [0.25, 0.3) is 0 Å². The van der Waals surface area contributed by atoms with Crippen LogP contribution in [0.3, 0.4) is 0 Å². The van der Waals surface area contributed by atoms with Crippen LogP contribution in [0.15, 0.2) is 17.0 Å². The SMILES string of the molecule is COc1cc(N)cc(SC)c1O. The Hall–Kier alpha value is -1.03. The molecule has 0 saturated heterocycles. The first-order chi connectivity index (χ1) is 5.69. The molecule has 0 spiro atoms. The molecule has 1 rings (SSSR count).